The summed E-state index contributed by atoms with van der Waals surface area (Å²) in [6.45, 7) is 26.5. The van der Waals surface area contributed by atoms with Crippen molar-refractivity contribution in [3.05, 3.63) is 178 Å². The fourth-order valence-corrected chi connectivity index (χ4v) is 26.6. The zero-order chi connectivity index (χ0) is 53.8. The van der Waals surface area contributed by atoms with Gasteiger partial charge in [0.15, 0.2) is 0 Å². The van der Waals surface area contributed by atoms with Crippen molar-refractivity contribution in [3.8, 4) is 11.5 Å². The number of rotatable bonds is 28. The summed E-state index contributed by atoms with van der Waals surface area (Å²) in [6, 6.07) is 36.2. The van der Waals surface area contributed by atoms with Gasteiger partial charge in [0, 0.05) is 11.8 Å². The maximum Gasteiger partial charge on any atom is 0.251 e. The standard InChI is InChI=1S/C71H97O2Si3/c1-12-18-40-75(41-19-13-2,42-20-14-3)72-60-38-36-54-46-58(34-32-56(54)48-60)62-28-24-26-30-64-68(62)50-66(52(7)8)70(64)74(11)71-65-31-27-25-29-63(69(65)51-67(71)53(9)10)59-35-33-57-49-61(39-37-55(57)47-59)73-76(43-21-15-4,44-22-16-5)45-23-17-6/h24-39,46-53,62-63,70-71H,12-23,40-45H2,1-11H3. The molecule has 8 rings (SSSR count). The monoisotopic (exact) mass is 1070 g/mol. The Hall–Kier alpha value is -4.43. The van der Waals surface area contributed by atoms with Crippen LogP contribution >= 0.6 is 0 Å². The summed E-state index contributed by atoms with van der Waals surface area (Å²) in [5.41, 5.74) is 12.9. The second-order valence-corrected chi connectivity index (χ2v) is 35.0. The highest BCUT2D eigenvalue weighted by Gasteiger charge is 2.44. The second-order valence-electron chi connectivity index (χ2n) is 24.2. The molecule has 405 valence electrons. The van der Waals surface area contributed by atoms with E-state index in [0.717, 1.165) is 11.5 Å². The molecule has 0 saturated carbocycles. The van der Waals surface area contributed by atoms with Gasteiger partial charge in [-0.1, -0.05) is 273 Å². The Morgan fingerprint density at radius 2 is 0.750 bits per heavy atom. The Bertz CT molecular complexity index is 2630. The molecule has 0 heterocycles. The Balaban J connectivity index is 1.09. The van der Waals surface area contributed by atoms with Gasteiger partial charge in [-0.15, -0.1) is 0 Å². The minimum absolute atomic E-state index is 0.198. The van der Waals surface area contributed by atoms with Crippen LogP contribution in [0, 0.1) is 11.8 Å². The molecule has 0 spiro atoms. The molecule has 0 saturated heterocycles. The molecule has 4 aliphatic carbocycles. The van der Waals surface area contributed by atoms with Crippen LogP contribution in [-0.2, 0) is 0 Å². The number of allylic oxidation sites excluding steroid dienone is 16. The lowest BCUT2D eigenvalue weighted by atomic mass is 9.88. The minimum atomic E-state index is -1.90. The highest BCUT2D eigenvalue weighted by Crippen LogP contribution is 2.56. The average Bonchev–Trinajstić information content (AvgIpc) is 3.84. The maximum absolute atomic E-state index is 7.28. The molecule has 0 fully saturated rings. The molecule has 4 atom stereocenters. The van der Waals surface area contributed by atoms with Crippen LogP contribution in [0.5, 0.6) is 11.5 Å². The Morgan fingerprint density at radius 3 is 1.08 bits per heavy atom. The first kappa shape index (κ1) is 57.7. The first-order chi connectivity index (χ1) is 36.9. The van der Waals surface area contributed by atoms with Gasteiger partial charge in [0.25, 0.3) is 16.6 Å². The van der Waals surface area contributed by atoms with Crippen molar-refractivity contribution in [3.63, 3.8) is 0 Å². The summed E-state index contributed by atoms with van der Waals surface area (Å²) in [5.74, 6) is 3.49. The predicted octanol–water partition coefficient (Wildman–Crippen LogP) is 22.2. The van der Waals surface area contributed by atoms with E-state index in [1.54, 1.807) is 22.3 Å². The third-order valence-electron chi connectivity index (χ3n) is 17.9. The molecule has 2 nitrogen and oxygen atoms in total. The molecule has 0 amide bonds. The second kappa shape index (κ2) is 27.0. The average molecular weight is 1070 g/mol. The van der Waals surface area contributed by atoms with E-state index in [2.05, 4.69) is 209 Å². The van der Waals surface area contributed by atoms with Gasteiger partial charge in [-0.3, -0.25) is 0 Å². The third kappa shape index (κ3) is 13.2. The van der Waals surface area contributed by atoms with Crippen LogP contribution in [0.15, 0.2) is 167 Å². The van der Waals surface area contributed by atoms with Crippen molar-refractivity contribution < 1.29 is 8.85 Å². The summed E-state index contributed by atoms with van der Waals surface area (Å²) in [7, 11) is -4.88. The van der Waals surface area contributed by atoms with E-state index in [4.69, 9.17) is 8.85 Å². The van der Waals surface area contributed by atoms with Gasteiger partial charge in [0.1, 0.15) is 11.5 Å². The molecule has 4 aromatic rings. The smallest absolute Gasteiger partial charge is 0.251 e. The third-order valence-corrected chi connectivity index (χ3v) is 29.9. The number of benzene rings is 4. The van der Waals surface area contributed by atoms with E-state index >= 15 is 0 Å². The Labute approximate surface area is 466 Å². The lowest BCUT2D eigenvalue weighted by molar-refractivity contribution is 0.511. The highest BCUT2D eigenvalue weighted by molar-refractivity contribution is 6.75. The Morgan fingerprint density at radius 1 is 0.421 bits per heavy atom. The van der Waals surface area contributed by atoms with E-state index in [-0.39, 0.29) is 11.8 Å². The van der Waals surface area contributed by atoms with E-state index in [9.17, 15) is 0 Å². The molecule has 0 aromatic heterocycles. The predicted molar refractivity (Wildman–Crippen MR) is 340 cm³/mol. The fraction of sp³-hybridized carbons (Fsp3) is 0.493. The number of hydrogen-bond acceptors (Lipinski definition) is 2. The van der Waals surface area contributed by atoms with Crippen LogP contribution < -0.4 is 8.85 Å². The molecule has 0 N–H and O–H groups in total. The number of unbranched alkanes of at least 4 members (excludes halogenated alkanes) is 6. The van der Waals surface area contributed by atoms with Gasteiger partial charge in [-0.05, 0) is 138 Å². The topological polar surface area (TPSA) is 18.5 Å². The first-order valence-electron chi connectivity index (χ1n) is 30.8. The first-order valence-corrected chi connectivity index (χ1v) is 38.0. The van der Waals surface area contributed by atoms with Crippen LogP contribution in [0.1, 0.15) is 169 Å². The summed E-state index contributed by atoms with van der Waals surface area (Å²) in [5, 5.41) is 5.18. The van der Waals surface area contributed by atoms with Crippen LogP contribution in [0.4, 0.5) is 0 Å². The molecule has 4 aliphatic rings. The molecular weight excluding hydrogens is 969 g/mol. The summed E-state index contributed by atoms with van der Waals surface area (Å²) in [6.07, 6.45) is 39.7. The normalized spacial score (nSPS) is 19.6. The zero-order valence-electron chi connectivity index (χ0n) is 49.2. The molecule has 76 heavy (non-hydrogen) atoms. The molecule has 0 bridgehead atoms. The van der Waals surface area contributed by atoms with Crippen LogP contribution in [0.3, 0.4) is 0 Å². The van der Waals surface area contributed by atoms with Gasteiger partial charge in [0.05, 0.1) is 8.80 Å². The van der Waals surface area contributed by atoms with Crippen molar-refractivity contribution in [2.75, 3.05) is 0 Å². The van der Waals surface area contributed by atoms with Gasteiger partial charge in [0.2, 0.25) is 0 Å². The minimum Gasteiger partial charge on any atom is -0.543 e. The van der Waals surface area contributed by atoms with Crippen molar-refractivity contribution >= 4 is 47.0 Å². The van der Waals surface area contributed by atoms with Crippen LogP contribution in [0.25, 0.3) is 21.5 Å². The van der Waals surface area contributed by atoms with Gasteiger partial charge < -0.3 is 8.85 Å². The Kier molecular flexibility index (Phi) is 20.5. The van der Waals surface area contributed by atoms with E-state index in [1.165, 1.54) is 157 Å². The van der Waals surface area contributed by atoms with E-state index in [0.29, 0.717) is 22.9 Å². The zero-order valence-corrected chi connectivity index (χ0v) is 52.2. The van der Waals surface area contributed by atoms with Crippen molar-refractivity contribution in [1.82, 2.24) is 0 Å². The van der Waals surface area contributed by atoms with Crippen LogP contribution in [-0.4, -0.2) is 25.4 Å². The van der Waals surface area contributed by atoms with Crippen molar-refractivity contribution in [1.29, 1.82) is 0 Å². The van der Waals surface area contributed by atoms with Gasteiger partial charge in [-0.25, -0.2) is 0 Å². The van der Waals surface area contributed by atoms with Crippen molar-refractivity contribution in [2.24, 2.45) is 11.8 Å². The molecule has 0 aliphatic heterocycles. The SMILES string of the molecule is CCCC[Si](CCCC)(CCCC)Oc1ccc2cc(C3C=CC=CC4=C3C=C(C(C)C)C4[Si](C)C3C(C(C)C)=CC4=C3C=CC=CC4c3ccc4cc(O[Si](CCCC)(CCCC)CCCC)ccc4c3)ccc2c1. The van der Waals surface area contributed by atoms with E-state index < -0.39 is 25.4 Å². The largest absolute Gasteiger partial charge is 0.543 e. The molecule has 4 aromatic carbocycles. The molecule has 1 radical (unpaired) electrons. The lowest BCUT2D eigenvalue weighted by Gasteiger charge is -2.34. The van der Waals surface area contributed by atoms with Gasteiger partial charge in [-0.2, -0.15) is 0 Å². The summed E-state index contributed by atoms with van der Waals surface area (Å²) < 4.78 is 14.6. The van der Waals surface area contributed by atoms with Crippen LogP contribution in [0.2, 0.25) is 53.9 Å². The quantitative estimate of drug-likeness (QED) is 0.0528. The fourth-order valence-electron chi connectivity index (χ4n) is 13.5. The summed E-state index contributed by atoms with van der Waals surface area (Å²) >= 11 is 0. The highest BCUT2D eigenvalue weighted by atomic mass is 28.4. The number of hydrogen-bond donors (Lipinski definition) is 0. The molecule has 4 unspecified atom stereocenters. The molecular formula is C71H97O2Si3. The lowest BCUT2D eigenvalue weighted by Crippen LogP contribution is -2.41. The summed E-state index contributed by atoms with van der Waals surface area (Å²) in [4.78, 5) is 0. The van der Waals surface area contributed by atoms with Crippen molar-refractivity contribution in [2.45, 2.75) is 212 Å². The van der Waals surface area contributed by atoms with Gasteiger partial charge >= 0.3 is 0 Å². The maximum atomic E-state index is 7.28. The number of fused-ring (bicyclic) bond motifs is 2. The van der Waals surface area contributed by atoms with E-state index in [1.807, 2.05) is 0 Å². The molecule has 5 heteroatoms.